The molecule has 1 N–H and O–H groups in total. The predicted octanol–water partition coefficient (Wildman–Crippen LogP) is 1.14. The van der Waals surface area contributed by atoms with Gasteiger partial charge in [0, 0.05) is 45.0 Å². The normalized spacial score (nSPS) is 16.4. The van der Waals surface area contributed by atoms with Gasteiger partial charge in [0.1, 0.15) is 19.0 Å². The summed E-state index contributed by atoms with van der Waals surface area (Å²) in [6.45, 7) is 2.84. The fourth-order valence-electron chi connectivity index (χ4n) is 3.79. The molecule has 182 valence electrons. The number of amides is 1. The number of methoxy groups -OCH3 is 1. The van der Waals surface area contributed by atoms with Crippen LogP contribution >= 0.6 is 0 Å². The Hall–Kier alpha value is -3.31. The summed E-state index contributed by atoms with van der Waals surface area (Å²) in [7, 11) is -1.94. The zero-order valence-corrected chi connectivity index (χ0v) is 19.8. The number of nitrogens with zero attached hydrogens (tertiary/aromatic N) is 3. The number of carbonyl (C=O) groups excluding carboxylic acids is 1. The molecule has 10 nitrogen and oxygen atoms in total. The Labute approximate surface area is 199 Å². The zero-order valence-electron chi connectivity index (χ0n) is 19.0. The molecule has 34 heavy (non-hydrogen) atoms. The molecular formula is C23H28N4O6S. The molecule has 1 saturated heterocycles. The molecule has 0 unspecified atom stereocenters. The summed E-state index contributed by atoms with van der Waals surface area (Å²) in [5, 5.41) is 2.63. The first-order valence-corrected chi connectivity index (χ1v) is 12.6. The third-order valence-electron chi connectivity index (χ3n) is 5.54. The maximum absolute atomic E-state index is 12.7. The number of benzene rings is 1. The molecule has 1 aromatic heterocycles. The van der Waals surface area contributed by atoms with Crippen molar-refractivity contribution >= 4 is 27.8 Å². The van der Waals surface area contributed by atoms with E-state index in [2.05, 4.69) is 15.2 Å². The molecule has 4 rings (SSSR count). The van der Waals surface area contributed by atoms with E-state index in [4.69, 9.17) is 14.2 Å². The van der Waals surface area contributed by atoms with Crippen LogP contribution in [0.5, 0.6) is 17.2 Å². The van der Waals surface area contributed by atoms with E-state index in [9.17, 15) is 13.2 Å². The number of pyridine rings is 1. The van der Waals surface area contributed by atoms with Gasteiger partial charge < -0.3 is 24.4 Å². The number of aromatic nitrogens is 1. The van der Waals surface area contributed by atoms with Gasteiger partial charge in [-0.15, -0.1) is 0 Å². The quantitative estimate of drug-likeness (QED) is 0.551. The van der Waals surface area contributed by atoms with Crippen LogP contribution in [-0.4, -0.2) is 82.4 Å². The van der Waals surface area contributed by atoms with Gasteiger partial charge in [-0.3, -0.25) is 4.79 Å². The smallest absolute Gasteiger partial charge is 0.244 e. The second-order valence-corrected chi connectivity index (χ2v) is 9.85. The van der Waals surface area contributed by atoms with Gasteiger partial charge in [-0.05, 0) is 35.9 Å². The highest BCUT2D eigenvalue weighted by Gasteiger charge is 2.27. The van der Waals surface area contributed by atoms with Gasteiger partial charge >= 0.3 is 0 Å². The number of ether oxygens (including phenoxy) is 3. The van der Waals surface area contributed by atoms with E-state index < -0.39 is 10.0 Å². The standard InChI is InChI=1S/C23H28N4O6S/c1-31-19-16-18(17-20-23(19)33-14-13-32-20)5-6-22(28)25-8-15-34(29,30)27-11-9-26(10-12-27)21-4-2-3-7-24-21/h2-7,16-17H,8-15H2,1H3,(H,25,28)/b6-5+. The molecule has 2 aliphatic rings. The molecule has 2 aromatic rings. The highest BCUT2D eigenvalue weighted by Crippen LogP contribution is 2.40. The maximum Gasteiger partial charge on any atom is 0.244 e. The van der Waals surface area contributed by atoms with Crippen LogP contribution in [-0.2, 0) is 14.8 Å². The highest BCUT2D eigenvalue weighted by molar-refractivity contribution is 7.89. The number of anilines is 1. The van der Waals surface area contributed by atoms with E-state index in [0.29, 0.717) is 62.2 Å². The average Bonchev–Trinajstić information content (AvgIpc) is 2.87. The van der Waals surface area contributed by atoms with Crippen molar-refractivity contribution in [2.45, 2.75) is 0 Å². The molecule has 0 saturated carbocycles. The van der Waals surface area contributed by atoms with Crippen LogP contribution in [0, 0.1) is 0 Å². The number of hydrogen-bond donors (Lipinski definition) is 1. The molecule has 0 aliphatic carbocycles. The van der Waals surface area contributed by atoms with Crippen LogP contribution in [0.25, 0.3) is 6.08 Å². The first-order chi connectivity index (χ1) is 16.5. The van der Waals surface area contributed by atoms with Crippen molar-refractivity contribution in [1.82, 2.24) is 14.6 Å². The van der Waals surface area contributed by atoms with E-state index in [-0.39, 0.29) is 18.2 Å². The summed E-state index contributed by atoms with van der Waals surface area (Å²) in [6, 6.07) is 9.17. The Morgan fingerprint density at radius 2 is 1.97 bits per heavy atom. The molecule has 3 heterocycles. The van der Waals surface area contributed by atoms with Gasteiger partial charge in [-0.2, -0.15) is 4.31 Å². The summed E-state index contributed by atoms with van der Waals surface area (Å²) in [5.41, 5.74) is 0.703. The van der Waals surface area contributed by atoms with Crippen LogP contribution < -0.4 is 24.4 Å². The predicted molar refractivity (Wildman–Crippen MR) is 128 cm³/mol. The second kappa shape index (κ2) is 10.7. The van der Waals surface area contributed by atoms with Crippen molar-refractivity contribution in [3.05, 3.63) is 48.2 Å². The molecular weight excluding hydrogens is 460 g/mol. The average molecular weight is 489 g/mol. The van der Waals surface area contributed by atoms with Crippen molar-refractivity contribution in [3.8, 4) is 17.2 Å². The Kier molecular flexibility index (Phi) is 7.53. The molecule has 1 amide bonds. The SMILES string of the molecule is COc1cc(/C=C/C(=O)NCCS(=O)(=O)N2CCN(c3ccccn3)CC2)cc2c1OCCO2. The van der Waals surface area contributed by atoms with Crippen molar-refractivity contribution < 1.29 is 27.4 Å². The number of carbonyl (C=O) groups is 1. The molecule has 1 fully saturated rings. The fourth-order valence-corrected chi connectivity index (χ4v) is 5.13. The minimum atomic E-state index is -3.47. The minimum Gasteiger partial charge on any atom is -0.493 e. The molecule has 0 atom stereocenters. The van der Waals surface area contributed by atoms with Crippen LogP contribution in [0.2, 0.25) is 0 Å². The molecule has 2 aliphatic heterocycles. The van der Waals surface area contributed by atoms with Crippen LogP contribution in [0.4, 0.5) is 5.82 Å². The Morgan fingerprint density at radius 1 is 1.18 bits per heavy atom. The minimum absolute atomic E-state index is 0.0242. The monoisotopic (exact) mass is 488 g/mol. The van der Waals surface area contributed by atoms with Gasteiger partial charge in [0.05, 0.1) is 12.9 Å². The third-order valence-corrected chi connectivity index (χ3v) is 7.41. The van der Waals surface area contributed by atoms with Gasteiger partial charge in [0.15, 0.2) is 11.5 Å². The lowest BCUT2D eigenvalue weighted by molar-refractivity contribution is -0.116. The van der Waals surface area contributed by atoms with Crippen LogP contribution in [0.15, 0.2) is 42.6 Å². The number of rotatable bonds is 8. The number of piperazine rings is 1. The van der Waals surface area contributed by atoms with Crippen molar-refractivity contribution in [2.24, 2.45) is 0 Å². The van der Waals surface area contributed by atoms with E-state index >= 15 is 0 Å². The molecule has 0 spiro atoms. The Balaban J connectivity index is 1.25. The topological polar surface area (TPSA) is 110 Å². The maximum atomic E-state index is 12.7. The van der Waals surface area contributed by atoms with E-state index in [1.807, 2.05) is 18.2 Å². The van der Waals surface area contributed by atoms with Crippen LogP contribution in [0.3, 0.4) is 0 Å². The Bertz CT molecular complexity index is 1110. The molecule has 0 radical (unpaired) electrons. The van der Waals surface area contributed by atoms with E-state index in [1.165, 1.54) is 17.5 Å². The lowest BCUT2D eigenvalue weighted by atomic mass is 10.1. The largest absolute Gasteiger partial charge is 0.493 e. The summed E-state index contributed by atoms with van der Waals surface area (Å²) in [4.78, 5) is 18.6. The molecule has 11 heteroatoms. The highest BCUT2D eigenvalue weighted by atomic mass is 32.2. The molecule has 1 aromatic carbocycles. The van der Waals surface area contributed by atoms with Gasteiger partial charge in [0.25, 0.3) is 0 Å². The first kappa shape index (κ1) is 23.8. The van der Waals surface area contributed by atoms with Crippen molar-refractivity contribution in [2.75, 3.05) is 63.7 Å². The summed E-state index contributed by atoms with van der Waals surface area (Å²) in [5.74, 6) is 1.92. The van der Waals surface area contributed by atoms with Crippen molar-refractivity contribution in [3.63, 3.8) is 0 Å². The zero-order chi connectivity index (χ0) is 24.0. The third kappa shape index (κ3) is 5.78. The Morgan fingerprint density at radius 3 is 2.71 bits per heavy atom. The first-order valence-electron chi connectivity index (χ1n) is 11.0. The molecule has 0 bridgehead atoms. The lowest BCUT2D eigenvalue weighted by Gasteiger charge is -2.34. The summed E-state index contributed by atoms with van der Waals surface area (Å²) >= 11 is 0. The van der Waals surface area contributed by atoms with Crippen molar-refractivity contribution in [1.29, 1.82) is 0 Å². The van der Waals surface area contributed by atoms with Gasteiger partial charge in [-0.1, -0.05) is 6.07 Å². The lowest BCUT2D eigenvalue weighted by Crippen LogP contribution is -2.50. The number of sulfonamides is 1. The van der Waals surface area contributed by atoms with Gasteiger partial charge in [-0.25, -0.2) is 13.4 Å². The number of nitrogens with one attached hydrogen (secondary N) is 1. The van der Waals surface area contributed by atoms with E-state index in [0.717, 1.165) is 5.82 Å². The fraction of sp³-hybridized carbons (Fsp3) is 0.391. The summed E-state index contributed by atoms with van der Waals surface area (Å²) < 4.78 is 43.3. The summed E-state index contributed by atoms with van der Waals surface area (Å²) in [6.07, 6.45) is 4.68. The van der Waals surface area contributed by atoms with E-state index in [1.54, 1.807) is 24.4 Å². The van der Waals surface area contributed by atoms with Crippen LogP contribution in [0.1, 0.15) is 5.56 Å². The second-order valence-electron chi connectivity index (χ2n) is 7.76. The number of hydrogen-bond acceptors (Lipinski definition) is 8. The van der Waals surface area contributed by atoms with Gasteiger partial charge in [0.2, 0.25) is 21.7 Å². The number of fused-ring (bicyclic) bond motifs is 1.